The van der Waals surface area contributed by atoms with Crippen molar-refractivity contribution in [2.45, 2.75) is 30.7 Å². The SMILES string of the molecule is COc1ccc(S(=O)(=O)N2CCC(C(=O)NC(C)c3ccc(Br)cc3)CC2)cc1OC. The van der Waals surface area contributed by atoms with E-state index in [0.717, 1.165) is 10.0 Å². The zero-order valence-electron chi connectivity index (χ0n) is 17.8. The van der Waals surface area contributed by atoms with E-state index in [1.165, 1.54) is 30.7 Å². The quantitative estimate of drug-likeness (QED) is 0.613. The fourth-order valence-electron chi connectivity index (χ4n) is 3.65. The Morgan fingerprint density at radius 2 is 1.68 bits per heavy atom. The number of carbonyl (C=O) groups is 1. The molecule has 0 bridgehead atoms. The fraction of sp³-hybridized carbons (Fsp3) is 0.409. The number of nitrogens with zero attached hydrogens (tertiary/aromatic N) is 1. The minimum Gasteiger partial charge on any atom is -0.493 e. The summed E-state index contributed by atoms with van der Waals surface area (Å²) in [5, 5.41) is 3.05. The van der Waals surface area contributed by atoms with E-state index in [2.05, 4.69) is 21.2 Å². The first kappa shape index (κ1) is 23.6. The Labute approximate surface area is 191 Å². The maximum absolute atomic E-state index is 13.0. The Kier molecular flexibility index (Phi) is 7.61. The fourth-order valence-corrected chi connectivity index (χ4v) is 5.40. The van der Waals surface area contributed by atoms with Gasteiger partial charge < -0.3 is 14.8 Å². The molecule has 1 amide bonds. The zero-order chi connectivity index (χ0) is 22.6. The lowest BCUT2D eigenvalue weighted by molar-refractivity contribution is -0.126. The highest BCUT2D eigenvalue weighted by Gasteiger charge is 2.33. The minimum atomic E-state index is -3.68. The average molecular weight is 511 g/mol. The van der Waals surface area contributed by atoms with Crippen molar-refractivity contribution in [2.24, 2.45) is 5.92 Å². The van der Waals surface area contributed by atoms with Crippen molar-refractivity contribution in [2.75, 3.05) is 27.3 Å². The van der Waals surface area contributed by atoms with Crippen molar-refractivity contribution in [3.63, 3.8) is 0 Å². The molecule has 1 saturated heterocycles. The number of rotatable bonds is 7. The normalized spacial score (nSPS) is 16.5. The number of methoxy groups -OCH3 is 2. The third kappa shape index (κ3) is 5.39. The van der Waals surface area contributed by atoms with Gasteiger partial charge in [-0.05, 0) is 49.6 Å². The van der Waals surface area contributed by atoms with E-state index in [-0.39, 0.29) is 22.8 Å². The van der Waals surface area contributed by atoms with Crippen molar-refractivity contribution in [1.82, 2.24) is 9.62 Å². The Morgan fingerprint density at radius 3 is 2.26 bits per heavy atom. The van der Waals surface area contributed by atoms with Gasteiger partial charge in [0.1, 0.15) is 0 Å². The van der Waals surface area contributed by atoms with Gasteiger partial charge in [-0.1, -0.05) is 28.1 Å². The third-order valence-corrected chi connectivity index (χ3v) is 7.97. The standard InChI is InChI=1S/C22H27BrN2O5S/c1-15(16-4-6-18(23)7-5-16)24-22(26)17-10-12-25(13-11-17)31(27,28)19-8-9-20(29-2)21(14-19)30-3/h4-9,14-15,17H,10-13H2,1-3H3,(H,24,26). The van der Waals surface area contributed by atoms with Crippen LogP contribution in [0.4, 0.5) is 0 Å². The number of amides is 1. The number of sulfonamides is 1. The van der Waals surface area contributed by atoms with E-state index in [9.17, 15) is 13.2 Å². The maximum atomic E-state index is 13.0. The molecule has 0 aromatic heterocycles. The molecule has 2 aromatic rings. The first-order chi connectivity index (χ1) is 14.8. The van der Waals surface area contributed by atoms with Crippen LogP contribution in [-0.4, -0.2) is 45.9 Å². The van der Waals surface area contributed by atoms with Crippen LogP contribution in [0.15, 0.2) is 51.8 Å². The van der Waals surface area contributed by atoms with Gasteiger partial charge in [0.05, 0.1) is 25.2 Å². The van der Waals surface area contributed by atoms with Crippen LogP contribution < -0.4 is 14.8 Å². The first-order valence-corrected chi connectivity index (χ1v) is 12.3. The molecule has 1 heterocycles. The van der Waals surface area contributed by atoms with Gasteiger partial charge in [-0.2, -0.15) is 4.31 Å². The van der Waals surface area contributed by atoms with Crippen LogP contribution in [0, 0.1) is 5.92 Å². The highest BCUT2D eigenvalue weighted by Crippen LogP contribution is 2.32. The molecule has 2 aromatic carbocycles. The van der Waals surface area contributed by atoms with Gasteiger partial charge >= 0.3 is 0 Å². The van der Waals surface area contributed by atoms with Crippen molar-refractivity contribution >= 4 is 31.9 Å². The molecular weight excluding hydrogens is 484 g/mol. The van der Waals surface area contributed by atoms with Crippen LogP contribution in [0.3, 0.4) is 0 Å². The lowest BCUT2D eigenvalue weighted by Crippen LogP contribution is -2.43. The number of hydrogen-bond acceptors (Lipinski definition) is 5. The van der Waals surface area contributed by atoms with E-state index >= 15 is 0 Å². The van der Waals surface area contributed by atoms with Gasteiger partial charge in [0.25, 0.3) is 0 Å². The number of halogens is 1. The number of piperidine rings is 1. The molecular formula is C22H27BrN2O5S. The predicted molar refractivity (Wildman–Crippen MR) is 122 cm³/mol. The molecule has 1 aliphatic rings. The third-order valence-electron chi connectivity index (χ3n) is 5.55. The molecule has 0 saturated carbocycles. The van der Waals surface area contributed by atoms with Crippen molar-refractivity contribution in [3.05, 3.63) is 52.5 Å². The molecule has 1 aliphatic heterocycles. The van der Waals surface area contributed by atoms with Crippen LogP contribution >= 0.6 is 15.9 Å². The maximum Gasteiger partial charge on any atom is 0.243 e. The van der Waals surface area contributed by atoms with Gasteiger partial charge in [-0.3, -0.25) is 4.79 Å². The van der Waals surface area contributed by atoms with E-state index < -0.39 is 10.0 Å². The number of carbonyl (C=O) groups excluding carboxylic acids is 1. The van der Waals surface area contributed by atoms with Gasteiger partial charge in [0.2, 0.25) is 15.9 Å². The highest BCUT2D eigenvalue weighted by molar-refractivity contribution is 9.10. The summed E-state index contributed by atoms with van der Waals surface area (Å²) in [4.78, 5) is 12.9. The number of hydrogen-bond donors (Lipinski definition) is 1. The molecule has 1 atom stereocenters. The van der Waals surface area contributed by atoms with E-state index in [0.29, 0.717) is 37.4 Å². The Morgan fingerprint density at radius 1 is 1.06 bits per heavy atom. The lowest BCUT2D eigenvalue weighted by Gasteiger charge is -2.31. The van der Waals surface area contributed by atoms with Crippen LogP contribution in [0.5, 0.6) is 11.5 Å². The summed E-state index contributed by atoms with van der Waals surface area (Å²) in [5.41, 5.74) is 1.02. The molecule has 0 aliphatic carbocycles. The second kappa shape index (κ2) is 10.0. The number of ether oxygens (including phenoxy) is 2. The number of nitrogens with one attached hydrogen (secondary N) is 1. The van der Waals surface area contributed by atoms with Crippen LogP contribution in [-0.2, 0) is 14.8 Å². The molecule has 0 spiro atoms. The second-order valence-corrected chi connectivity index (χ2v) is 10.3. The Balaban J connectivity index is 1.61. The summed E-state index contributed by atoms with van der Waals surface area (Å²) < 4.78 is 38.9. The Bertz CT molecular complexity index is 1020. The Hall–Kier alpha value is -2.10. The van der Waals surface area contributed by atoms with E-state index in [1.54, 1.807) is 6.07 Å². The summed E-state index contributed by atoms with van der Waals surface area (Å²) in [5.74, 6) is 0.574. The summed E-state index contributed by atoms with van der Waals surface area (Å²) >= 11 is 3.41. The van der Waals surface area contributed by atoms with Crippen LogP contribution in [0.1, 0.15) is 31.4 Å². The summed E-state index contributed by atoms with van der Waals surface area (Å²) in [7, 11) is -0.712. The molecule has 168 valence electrons. The largest absolute Gasteiger partial charge is 0.493 e. The van der Waals surface area contributed by atoms with E-state index in [1.807, 2.05) is 31.2 Å². The summed E-state index contributed by atoms with van der Waals surface area (Å²) in [6.45, 7) is 2.53. The van der Waals surface area contributed by atoms with Crippen molar-refractivity contribution in [3.8, 4) is 11.5 Å². The molecule has 9 heteroatoms. The average Bonchev–Trinajstić information content (AvgIpc) is 2.78. The molecule has 31 heavy (non-hydrogen) atoms. The van der Waals surface area contributed by atoms with E-state index in [4.69, 9.17) is 9.47 Å². The molecule has 3 rings (SSSR count). The predicted octanol–water partition coefficient (Wildman–Crippen LogP) is 3.74. The highest BCUT2D eigenvalue weighted by atomic mass is 79.9. The zero-order valence-corrected chi connectivity index (χ0v) is 20.2. The van der Waals surface area contributed by atoms with Crippen molar-refractivity contribution in [1.29, 1.82) is 0 Å². The smallest absolute Gasteiger partial charge is 0.243 e. The van der Waals surface area contributed by atoms with Gasteiger partial charge in [0.15, 0.2) is 11.5 Å². The van der Waals surface area contributed by atoms with Gasteiger partial charge in [-0.25, -0.2) is 8.42 Å². The first-order valence-electron chi connectivity index (χ1n) is 10.0. The van der Waals surface area contributed by atoms with Crippen LogP contribution in [0.25, 0.3) is 0 Å². The monoisotopic (exact) mass is 510 g/mol. The summed E-state index contributed by atoms with van der Waals surface area (Å²) in [6.07, 6.45) is 0.955. The topological polar surface area (TPSA) is 84.9 Å². The molecule has 7 nitrogen and oxygen atoms in total. The molecule has 0 radical (unpaired) electrons. The van der Waals surface area contributed by atoms with Gasteiger partial charge in [-0.15, -0.1) is 0 Å². The second-order valence-electron chi connectivity index (χ2n) is 7.48. The van der Waals surface area contributed by atoms with Gasteiger partial charge in [0, 0.05) is 29.5 Å². The molecule has 1 N–H and O–H groups in total. The summed E-state index contributed by atoms with van der Waals surface area (Å²) in [6, 6.07) is 12.2. The minimum absolute atomic E-state index is 0.0430. The van der Waals surface area contributed by atoms with Crippen LogP contribution in [0.2, 0.25) is 0 Å². The lowest BCUT2D eigenvalue weighted by atomic mass is 9.96. The molecule has 1 fully saturated rings. The van der Waals surface area contributed by atoms with Crippen molar-refractivity contribution < 1.29 is 22.7 Å². The number of benzene rings is 2. The molecule has 1 unspecified atom stereocenters.